The van der Waals surface area contributed by atoms with Gasteiger partial charge >= 0.3 is 6.18 Å². The molecule has 12 heteroatoms. The Morgan fingerprint density at radius 2 is 1.72 bits per heavy atom. The summed E-state index contributed by atoms with van der Waals surface area (Å²) in [6.07, 6.45) is -4.43. The van der Waals surface area contributed by atoms with Gasteiger partial charge in [-0.3, -0.25) is 4.72 Å². The second-order valence-corrected chi connectivity index (χ2v) is 10.1. The van der Waals surface area contributed by atoms with E-state index in [-0.39, 0.29) is 24.6 Å². The molecular formula is C24H24F3N3O5S. The van der Waals surface area contributed by atoms with E-state index in [2.05, 4.69) is 15.0 Å². The molecule has 8 nitrogen and oxygen atoms in total. The first-order chi connectivity index (χ1) is 16.9. The fourth-order valence-electron chi connectivity index (χ4n) is 3.80. The van der Waals surface area contributed by atoms with Crippen molar-refractivity contribution in [3.05, 3.63) is 65.7 Å². The smallest absolute Gasteiger partial charge is 0.416 e. The highest BCUT2D eigenvalue weighted by Crippen LogP contribution is 2.34. The van der Waals surface area contributed by atoms with Gasteiger partial charge in [-0.25, -0.2) is 8.42 Å². The molecule has 0 spiro atoms. The van der Waals surface area contributed by atoms with Gasteiger partial charge < -0.3 is 25.3 Å². The van der Waals surface area contributed by atoms with E-state index < -0.39 is 27.9 Å². The Labute approximate surface area is 204 Å². The van der Waals surface area contributed by atoms with E-state index >= 15 is 0 Å². The summed E-state index contributed by atoms with van der Waals surface area (Å²) in [6, 6.07) is 12.9. The molecule has 0 fully saturated rings. The first-order valence-corrected chi connectivity index (χ1v) is 12.7. The van der Waals surface area contributed by atoms with E-state index in [1.807, 2.05) is 0 Å². The van der Waals surface area contributed by atoms with Crippen LogP contribution in [0.5, 0.6) is 11.5 Å². The number of hydrogen-bond donors (Lipinski definition) is 5. The predicted molar refractivity (Wildman–Crippen MR) is 131 cm³/mol. The molecule has 3 aromatic carbocycles. The zero-order valence-corrected chi connectivity index (χ0v) is 19.9. The zero-order chi connectivity index (χ0) is 26.1. The van der Waals surface area contributed by atoms with E-state index in [0.29, 0.717) is 34.3 Å². The fraction of sp³-hybridized carbons (Fsp3) is 0.250. The average Bonchev–Trinajstić information content (AvgIpc) is 3.15. The Kier molecular flexibility index (Phi) is 7.03. The van der Waals surface area contributed by atoms with Gasteiger partial charge in [-0.2, -0.15) is 13.2 Å². The molecule has 0 amide bonds. The number of nitrogens with one attached hydrogen (secondary N) is 3. The maximum absolute atomic E-state index is 13.0. The summed E-state index contributed by atoms with van der Waals surface area (Å²) >= 11 is 0. The molecule has 4 rings (SSSR count). The van der Waals surface area contributed by atoms with Crippen molar-refractivity contribution in [3.8, 4) is 11.5 Å². The van der Waals surface area contributed by atoms with Crippen molar-refractivity contribution in [2.75, 3.05) is 30.7 Å². The van der Waals surface area contributed by atoms with Gasteiger partial charge in [0.2, 0.25) is 10.0 Å². The number of aromatic amines is 1. The number of anilines is 1. The summed E-state index contributed by atoms with van der Waals surface area (Å²) in [6.45, 7) is 0.783. The number of alkyl halides is 3. The standard InChI is InChI=1S/C24H24F3N3O5S/c1-36(33,34)30-21-10-14(2-7-22(21)31)23(32)13-28-8-9-35-16-4-6-18-17-5-3-15(24(25,26)27)11-19(17)29-20(18)12-16/h2-7,10-12,23,28-32H,8-9,13H2,1H3. The van der Waals surface area contributed by atoms with Gasteiger partial charge in [0.15, 0.2) is 0 Å². The van der Waals surface area contributed by atoms with Crippen LogP contribution in [-0.4, -0.2) is 49.6 Å². The summed E-state index contributed by atoms with van der Waals surface area (Å²) in [7, 11) is -3.59. The molecule has 0 aliphatic rings. The number of hydrogen-bond acceptors (Lipinski definition) is 6. The van der Waals surface area contributed by atoms with Gasteiger partial charge in [0.05, 0.1) is 29.1 Å². The first kappa shape index (κ1) is 25.6. The average molecular weight is 524 g/mol. The minimum atomic E-state index is -4.42. The molecule has 1 unspecified atom stereocenters. The predicted octanol–water partition coefficient (Wildman–Crippen LogP) is 4.12. The molecule has 1 heterocycles. The minimum Gasteiger partial charge on any atom is -0.506 e. The van der Waals surface area contributed by atoms with Crippen LogP contribution in [0.4, 0.5) is 18.9 Å². The van der Waals surface area contributed by atoms with Gasteiger partial charge in [0, 0.05) is 35.4 Å². The van der Waals surface area contributed by atoms with Crippen molar-refractivity contribution < 1.29 is 36.5 Å². The van der Waals surface area contributed by atoms with Crippen LogP contribution in [0.1, 0.15) is 17.2 Å². The van der Waals surface area contributed by atoms with E-state index in [0.717, 1.165) is 23.8 Å². The number of aliphatic hydroxyl groups excluding tert-OH is 1. The number of aromatic nitrogens is 1. The Bertz CT molecular complexity index is 1500. The molecule has 36 heavy (non-hydrogen) atoms. The van der Waals surface area contributed by atoms with Crippen LogP contribution in [0.25, 0.3) is 21.8 Å². The number of aliphatic hydroxyl groups is 1. The molecule has 0 bridgehead atoms. The highest BCUT2D eigenvalue weighted by Gasteiger charge is 2.30. The summed E-state index contributed by atoms with van der Waals surface area (Å²) in [5.74, 6) is 0.271. The van der Waals surface area contributed by atoms with E-state index in [9.17, 15) is 31.8 Å². The maximum Gasteiger partial charge on any atom is 0.416 e. The molecule has 0 radical (unpaired) electrons. The highest BCUT2D eigenvalue weighted by atomic mass is 32.2. The number of halogens is 3. The normalized spacial score (nSPS) is 13.2. The van der Waals surface area contributed by atoms with Gasteiger partial charge in [-0.05, 0) is 42.0 Å². The lowest BCUT2D eigenvalue weighted by Crippen LogP contribution is -2.26. The molecule has 0 saturated carbocycles. The fourth-order valence-corrected chi connectivity index (χ4v) is 4.36. The third kappa shape index (κ3) is 6.01. The third-order valence-electron chi connectivity index (χ3n) is 5.48. The Hall–Kier alpha value is -3.48. The summed E-state index contributed by atoms with van der Waals surface area (Å²) in [5, 5.41) is 24.7. The van der Waals surface area contributed by atoms with Crippen LogP contribution in [-0.2, 0) is 16.2 Å². The number of phenolic OH excluding ortho intramolecular Hbond substituents is 1. The summed E-state index contributed by atoms with van der Waals surface area (Å²) < 4.78 is 69.7. The van der Waals surface area contributed by atoms with Gasteiger partial charge in [-0.15, -0.1) is 0 Å². The van der Waals surface area contributed by atoms with Crippen LogP contribution in [0.3, 0.4) is 0 Å². The molecular weight excluding hydrogens is 499 g/mol. The molecule has 5 N–H and O–H groups in total. The number of phenols is 1. The Balaban J connectivity index is 1.32. The lowest BCUT2D eigenvalue weighted by molar-refractivity contribution is -0.137. The van der Waals surface area contributed by atoms with Gasteiger partial charge in [-0.1, -0.05) is 12.1 Å². The van der Waals surface area contributed by atoms with Crippen LogP contribution < -0.4 is 14.8 Å². The van der Waals surface area contributed by atoms with Crippen molar-refractivity contribution in [2.24, 2.45) is 0 Å². The van der Waals surface area contributed by atoms with Crippen molar-refractivity contribution in [1.29, 1.82) is 0 Å². The largest absolute Gasteiger partial charge is 0.506 e. The quantitative estimate of drug-likeness (QED) is 0.166. The lowest BCUT2D eigenvalue weighted by atomic mass is 10.1. The topological polar surface area (TPSA) is 124 Å². The van der Waals surface area contributed by atoms with Crippen LogP contribution in [0.15, 0.2) is 54.6 Å². The third-order valence-corrected chi connectivity index (χ3v) is 6.07. The molecule has 0 aliphatic carbocycles. The number of sulfonamides is 1. The van der Waals surface area contributed by atoms with Gasteiger partial charge in [0.25, 0.3) is 0 Å². The minimum absolute atomic E-state index is 0.0283. The second kappa shape index (κ2) is 9.88. The molecule has 4 aromatic rings. The number of fused-ring (bicyclic) bond motifs is 3. The Morgan fingerprint density at radius 1 is 1.03 bits per heavy atom. The van der Waals surface area contributed by atoms with Crippen LogP contribution >= 0.6 is 0 Å². The van der Waals surface area contributed by atoms with Crippen LogP contribution in [0.2, 0.25) is 0 Å². The maximum atomic E-state index is 13.0. The number of benzene rings is 3. The van der Waals surface area contributed by atoms with Crippen LogP contribution in [0, 0.1) is 0 Å². The summed E-state index contributed by atoms with van der Waals surface area (Å²) in [5.41, 5.74) is 0.693. The zero-order valence-electron chi connectivity index (χ0n) is 19.1. The highest BCUT2D eigenvalue weighted by molar-refractivity contribution is 7.92. The molecule has 0 aliphatic heterocycles. The molecule has 1 atom stereocenters. The first-order valence-electron chi connectivity index (χ1n) is 10.9. The number of rotatable bonds is 9. The molecule has 192 valence electrons. The molecule has 0 saturated heterocycles. The SMILES string of the molecule is CS(=O)(=O)Nc1cc(C(O)CNCCOc2ccc3c(c2)[nH]c2cc(C(F)(F)F)ccc23)ccc1O. The number of H-pyrrole nitrogens is 1. The summed E-state index contributed by atoms with van der Waals surface area (Å²) in [4.78, 5) is 3.00. The Morgan fingerprint density at radius 3 is 2.42 bits per heavy atom. The van der Waals surface area contributed by atoms with Crippen molar-refractivity contribution in [2.45, 2.75) is 12.3 Å². The van der Waals surface area contributed by atoms with Crippen molar-refractivity contribution in [3.63, 3.8) is 0 Å². The number of ether oxygens (including phenoxy) is 1. The second-order valence-electron chi connectivity index (χ2n) is 8.31. The van der Waals surface area contributed by atoms with Crippen molar-refractivity contribution in [1.82, 2.24) is 10.3 Å². The van der Waals surface area contributed by atoms with Crippen molar-refractivity contribution >= 4 is 37.5 Å². The van der Waals surface area contributed by atoms with E-state index in [1.54, 1.807) is 18.2 Å². The number of aromatic hydroxyl groups is 1. The lowest BCUT2D eigenvalue weighted by Gasteiger charge is -2.15. The monoisotopic (exact) mass is 523 g/mol. The van der Waals surface area contributed by atoms with E-state index in [1.165, 1.54) is 24.3 Å². The van der Waals surface area contributed by atoms with E-state index in [4.69, 9.17) is 4.74 Å². The molecule has 1 aromatic heterocycles. The van der Waals surface area contributed by atoms with Gasteiger partial charge in [0.1, 0.15) is 18.1 Å².